The second-order valence-corrected chi connectivity index (χ2v) is 6.88. The highest BCUT2D eigenvalue weighted by atomic mass is 35.5. The van der Waals surface area contributed by atoms with Crippen LogP contribution in [0.2, 0.25) is 10.0 Å². The van der Waals surface area contributed by atoms with E-state index >= 15 is 0 Å². The molecular formula is C19H15Cl2NO2. The standard InChI is InChI=1S/C19H15Cl2NO2/c20-14-7-3-6-12(16(14)21)18(23)19-17(22)13-8-10-4-1-2-5-11(10)9-15(13)24-19/h3,6-9H,1-2,4-5,22H2. The summed E-state index contributed by atoms with van der Waals surface area (Å²) in [6, 6.07) is 9.00. The van der Waals surface area contributed by atoms with Crippen molar-refractivity contribution < 1.29 is 9.21 Å². The van der Waals surface area contributed by atoms with Crippen LogP contribution in [0, 0.1) is 0 Å². The molecule has 0 radical (unpaired) electrons. The summed E-state index contributed by atoms with van der Waals surface area (Å²) in [6.07, 6.45) is 4.44. The van der Waals surface area contributed by atoms with Crippen molar-refractivity contribution in [2.45, 2.75) is 25.7 Å². The number of rotatable bonds is 2. The first-order chi connectivity index (χ1) is 11.6. The zero-order valence-electron chi connectivity index (χ0n) is 12.9. The Kier molecular flexibility index (Phi) is 3.78. The molecule has 0 saturated heterocycles. The smallest absolute Gasteiger partial charge is 0.231 e. The van der Waals surface area contributed by atoms with Crippen LogP contribution in [-0.4, -0.2) is 5.78 Å². The number of fused-ring (bicyclic) bond motifs is 2. The van der Waals surface area contributed by atoms with Crippen molar-refractivity contribution in [3.63, 3.8) is 0 Å². The minimum atomic E-state index is -0.353. The minimum Gasteiger partial charge on any atom is -0.450 e. The Labute approximate surface area is 149 Å². The zero-order valence-corrected chi connectivity index (χ0v) is 14.4. The Bertz CT molecular complexity index is 975. The van der Waals surface area contributed by atoms with Crippen LogP contribution in [0.1, 0.15) is 40.1 Å². The lowest BCUT2D eigenvalue weighted by molar-refractivity contribution is 0.101. The van der Waals surface area contributed by atoms with Crippen molar-refractivity contribution in [1.82, 2.24) is 0 Å². The molecule has 2 N–H and O–H groups in total. The minimum absolute atomic E-state index is 0.122. The third-order valence-electron chi connectivity index (χ3n) is 4.59. The first kappa shape index (κ1) is 15.6. The summed E-state index contributed by atoms with van der Waals surface area (Å²) in [7, 11) is 0. The highest BCUT2D eigenvalue weighted by molar-refractivity contribution is 6.44. The predicted molar refractivity (Wildman–Crippen MR) is 97.2 cm³/mol. The average Bonchev–Trinajstić information content (AvgIpc) is 2.91. The van der Waals surface area contributed by atoms with Gasteiger partial charge in [0.1, 0.15) is 5.58 Å². The molecule has 0 aliphatic heterocycles. The van der Waals surface area contributed by atoms with Crippen LogP contribution in [0.5, 0.6) is 0 Å². The quantitative estimate of drug-likeness (QED) is 0.620. The Balaban J connectivity index is 1.86. The summed E-state index contributed by atoms with van der Waals surface area (Å²) in [6.45, 7) is 0. The van der Waals surface area contributed by atoms with Crippen molar-refractivity contribution in [2.75, 3.05) is 5.73 Å². The van der Waals surface area contributed by atoms with E-state index in [1.54, 1.807) is 18.2 Å². The van der Waals surface area contributed by atoms with E-state index in [1.165, 1.54) is 24.0 Å². The molecule has 1 aliphatic carbocycles. The number of nitrogen functional groups attached to an aromatic ring is 1. The van der Waals surface area contributed by atoms with Gasteiger partial charge in [-0.15, -0.1) is 0 Å². The van der Waals surface area contributed by atoms with E-state index in [0.29, 0.717) is 21.9 Å². The van der Waals surface area contributed by atoms with E-state index in [0.717, 1.165) is 18.2 Å². The molecule has 0 fully saturated rings. The third-order valence-corrected chi connectivity index (χ3v) is 5.41. The maximum Gasteiger partial charge on any atom is 0.231 e. The summed E-state index contributed by atoms with van der Waals surface area (Å²) in [5.41, 5.74) is 10.1. The van der Waals surface area contributed by atoms with Gasteiger partial charge in [0.25, 0.3) is 0 Å². The second-order valence-electron chi connectivity index (χ2n) is 6.10. The molecular weight excluding hydrogens is 345 g/mol. The van der Waals surface area contributed by atoms with E-state index in [1.807, 2.05) is 6.07 Å². The van der Waals surface area contributed by atoms with E-state index in [2.05, 4.69) is 6.07 Å². The van der Waals surface area contributed by atoms with Gasteiger partial charge in [-0.05, 0) is 61.1 Å². The molecule has 0 spiro atoms. The molecule has 2 aromatic carbocycles. The zero-order chi connectivity index (χ0) is 16.8. The first-order valence-electron chi connectivity index (χ1n) is 7.88. The molecule has 3 nitrogen and oxygen atoms in total. The monoisotopic (exact) mass is 359 g/mol. The number of hydrogen-bond acceptors (Lipinski definition) is 3. The fourth-order valence-electron chi connectivity index (χ4n) is 3.32. The first-order valence-corrected chi connectivity index (χ1v) is 8.64. The number of benzene rings is 2. The normalized spacial score (nSPS) is 13.9. The molecule has 1 aliphatic rings. The van der Waals surface area contributed by atoms with E-state index in [4.69, 9.17) is 33.4 Å². The molecule has 0 atom stereocenters. The van der Waals surface area contributed by atoms with Gasteiger partial charge < -0.3 is 10.2 Å². The summed E-state index contributed by atoms with van der Waals surface area (Å²) in [5, 5.41) is 1.33. The summed E-state index contributed by atoms with van der Waals surface area (Å²) >= 11 is 12.2. The molecule has 5 heteroatoms. The van der Waals surface area contributed by atoms with Gasteiger partial charge >= 0.3 is 0 Å². The molecule has 122 valence electrons. The number of carbonyl (C=O) groups is 1. The van der Waals surface area contributed by atoms with Crippen molar-refractivity contribution in [3.8, 4) is 0 Å². The molecule has 4 rings (SSSR count). The molecule has 0 amide bonds. The average molecular weight is 360 g/mol. The van der Waals surface area contributed by atoms with Crippen molar-refractivity contribution in [1.29, 1.82) is 0 Å². The van der Waals surface area contributed by atoms with Crippen molar-refractivity contribution in [2.24, 2.45) is 0 Å². The van der Waals surface area contributed by atoms with Crippen LogP contribution in [0.3, 0.4) is 0 Å². The van der Waals surface area contributed by atoms with Crippen LogP contribution in [0.15, 0.2) is 34.7 Å². The Morgan fingerprint density at radius 2 is 1.79 bits per heavy atom. The number of furan rings is 1. The van der Waals surface area contributed by atoms with Gasteiger partial charge in [0, 0.05) is 10.9 Å². The largest absolute Gasteiger partial charge is 0.450 e. The van der Waals surface area contributed by atoms with Gasteiger partial charge in [-0.1, -0.05) is 29.3 Å². The molecule has 0 unspecified atom stereocenters. The molecule has 3 aromatic rings. The Morgan fingerprint density at radius 3 is 2.54 bits per heavy atom. The number of hydrogen-bond donors (Lipinski definition) is 1. The van der Waals surface area contributed by atoms with E-state index in [-0.39, 0.29) is 16.6 Å². The molecule has 24 heavy (non-hydrogen) atoms. The Morgan fingerprint density at radius 1 is 1.08 bits per heavy atom. The van der Waals surface area contributed by atoms with Gasteiger partial charge in [-0.3, -0.25) is 4.79 Å². The lowest BCUT2D eigenvalue weighted by Gasteiger charge is -2.14. The maximum absolute atomic E-state index is 12.8. The highest BCUT2D eigenvalue weighted by Gasteiger charge is 2.24. The lowest BCUT2D eigenvalue weighted by Crippen LogP contribution is -2.04. The number of aryl methyl sites for hydroxylation is 2. The van der Waals surface area contributed by atoms with Gasteiger partial charge in [0.05, 0.1) is 15.7 Å². The molecule has 1 aromatic heterocycles. The van der Waals surface area contributed by atoms with Crippen molar-refractivity contribution in [3.05, 3.63) is 62.8 Å². The number of ketones is 1. The molecule has 1 heterocycles. The van der Waals surface area contributed by atoms with Crippen LogP contribution in [-0.2, 0) is 12.8 Å². The van der Waals surface area contributed by atoms with Crippen molar-refractivity contribution >= 4 is 45.6 Å². The van der Waals surface area contributed by atoms with Crippen LogP contribution >= 0.6 is 23.2 Å². The summed E-state index contributed by atoms with van der Waals surface area (Å²) in [5.74, 6) is -0.231. The second kappa shape index (κ2) is 5.83. The molecule has 0 saturated carbocycles. The van der Waals surface area contributed by atoms with Gasteiger partial charge in [-0.2, -0.15) is 0 Å². The third kappa shape index (κ3) is 2.40. The van der Waals surface area contributed by atoms with Crippen LogP contribution < -0.4 is 5.73 Å². The van der Waals surface area contributed by atoms with Crippen LogP contribution in [0.25, 0.3) is 11.0 Å². The van der Waals surface area contributed by atoms with Gasteiger partial charge in [-0.25, -0.2) is 0 Å². The Hall–Kier alpha value is -1.97. The van der Waals surface area contributed by atoms with Gasteiger partial charge in [0.2, 0.25) is 5.78 Å². The fourth-order valence-corrected chi connectivity index (χ4v) is 3.70. The lowest BCUT2D eigenvalue weighted by atomic mass is 9.90. The summed E-state index contributed by atoms with van der Waals surface area (Å²) < 4.78 is 5.80. The van der Waals surface area contributed by atoms with Gasteiger partial charge in [0.15, 0.2) is 5.76 Å². The topological polar surface area (TPSA) is 56.2 Å². The van der Waals surface area contributed by atoms with E-state index < -0.39 is 0 Å². The number of halogens is 2. The SMILES string of the molecule is Nc1c(C(=O)c2cccc(Cl)c2Cl)oc2cc3c(cc12)CCCC3. The number of carbonyl (C=O) groups excluding carboxylic acids is 1. The maximum atomic E-state index is 12.8. The van der Waals surface area contributed by atoms with E-state index in [9.17, 15) is 4.79 Å². The number of nitrogens with two attached hydrogens (primary N) is 1. The van der Waals surface area contributed by atoms with Crippen LogP contribution in [0.4, 0.5) is 5.69 Å². The molecule has 0 bridgehead atoms. The predicted octanol–water partition coefficient (Wildman–Crippen LogP) is 5.43. The number of anilines is 1. The fraction of sp³-hybridized carbons (Fsp3) is 0.211. The summed E-state index contributed by atoms with van der Waals surface area (Å²) in [4.78, 5) is 12.8. The highest BCUT2D eigenvalue weighted by Crippen LogP contribution is 2.36.